The lowest BCUT2D eigenvalue weighted by Crippen LogP contribution is -2.45. The number of amides is 1. The average Bonchev–Trinajstić information content (AvgIpc) is 2.89. The molecule has 1 fully saturated rings. The van der Waals surface area contributed by atoms with Gasteiger partial charge in [-0.3, -0.25) is 9.59 Å². The molecule has 1 rings (SSSR count). The fourth-order valence-electron chi connectivity index (χ4n) is 3.30. The van der Waals surface area contributed by atoms with Crippen LogP contribution in [0.4, 0.5) is 0 Å². The molecule has 1 amide bonds. The Balaban J connectivity index is 2.58. The van der Waals surface area contributed by atoms with E-state index in [1.165, 1.54) is 0 Å². The summed E-state index contributed by atoms with van der Waals surface area (Å²) in [4.78, 5) is 26.0. The lowest BCUT2D eigenvalue weighted by atomic mass is 9.95. The molecule has 0 saturated heterocycles. The molecule has 5 heteroatoms. The number of aliphatic carboxylic acids is 1. The van der Waals surface area contributed by atoms with Gasteiger partial charge in [-0.2, -0.15) is 0 Å². The van der Waals surface area contributed by atoms with Gasteiger partial charge in [0.05, 0.1) is 11.8 Å². The van der Waals surface area contributed by atoms with Crippen molar-refractivity contribution in [2.75, 3.05) is 19.6 Å². The van der Waals surface area contributed by atoms with Gasteiger partial charge in [0.25, 0.3) is 0 Å². The highest BCUT2D eigenvalue weighted by atomic mass is 16.4. The number of carbonyl (C=O) groups excluding carboxylic acids is 1. The minimum absolute atomic E-state index is 0.0486. The molecular weight excluding hydrogens is 268 g/mol. The first-order valence-corrected chi connectivity index (χ1v) is 8.18. The van der Waals surface area contributed by atoms with Crippen LogP contribution in [-0.4, -0.2) is 47.6 Å². The molecule has 0 aromatic rings. The molecule has 0 heterocycles. The minimum atomic E-state index is -0.831. The van der Waals surface area contributed by atoms with Crippen molar-refractivity contribution in [3.05, 3.63) is 0 Å². The minimum Gasteiger partial charge on any atom is -0.481 e. The van der Waals surface area contributed by atoms with Gasteiger partial charge in [-0.05, 0) is 38.8 Å². The van der Waals surface area contributed by atoms with Gasteiger partial charge in [0, 0.05) is 12.6 Å². The van der Waals surface area contributed by atoms with E-state index in [2.05, 4.69) is 31.0 Å². The molecule has 0 aliphatic heterocycles. The van der Waals surface area contributed by atoms with Gasteiger partial charge in [0.2, 0.25) is 5.91 Å². The topological polar surface area (TPSA) is 69.6 Å². The van der Waals surface area contributed by atoms with Crippen LogP contribution in [0.3, 0.4) is 0 Å². The van der Waals surface area contributed by atoms with Crippen LogP contribution in [0.1, 0.15) is 47.0 Å². The van der Waals surface area contributed by atoms with Crippen LogP contribution in [0.25, 0.3) is 0 Å². The third-order valence-electron chi connectivity index (χ3n) is 4.71. The summed E-state index contributed by atoms with van der Waals surface area (Å²) in [6, 6.07) is 0.0486. The normalized spacial score (nSPS) is 26.8. The fraction of sp³-hybridized carbons (Fsp3) is 0.875. The van der Waals surface area contributed by atoms with Gasteiger partial charge in [-0.15, -0.1) is 0 Å². The second-order valence-electron chi connectivity index (χ2n) is 6.19. The van der Waals surface area contributed by atoms with E-state index in [0.29, 0.717) is 18.8 Å². The van der Waals surface area contributed by atoms with Gasteiger partial charge >= 0.3 is 5.97 Å². The third kappa shape index (κ3) is 4.99. The number of carbonyl (C=O) groups is 2. The predicted octanol–water partition coefficient (Wildman–Crippen LogP) is 1.97. The zero-order chi connectivity index (χ0) is 16.0. The van der Waals surface area contributed by atoms with Gasteiger partial charge < -0.3 is 15.3 Å². The highest BCUT2D eigenvalue weighted by molar-refractivity contribution is 5.85. The fourth-order valence-corrected chi connectivity index (χ4v) is 3.30. The van der Waals surface area contributed by atoms with Crippen LogP contribution in [0.15, 0.2) is 0 Å². The number of nitrogens with zero attached hydrogens (tertiary/aromatic N) is 1. The summed E-state index contributed by atoms with van der Waals surface area (Å²) in [5.41, 5.74) is 0. The van der Waals surface area contributed by atoms with E-state index in [-0.39, 0.29) is 17.9 Å². The summed E-state index contributed by atoms with van der Waals surface area (Å²) in [6.07, 6.45) is 2.29. The molecule has 1 saturated carbocycles. The van der Waals surface area contributed by atoms with Gasteiger partial charge in [-0.25, -0.2) is 0 Å². The molecule has 1 aliphatic rings. The summed E-state index contributed by atoms with van der Waals surface area (Å²) >= 11 is 0. The summed E-state index contributed by atoms with van der Waals surface area (Å²) in [5.74, 6) is -1.44. The first-order chi connectivity index (χ1) is 9.92. The van der Waals surface area contributed by atoms with Crippen LogP contribution in [-0.2, 0) is 9.59 Å². The van der Waals surface area contributed by atoms with Crippen molar-refractivity contribution < 1.29 is 14.7 Å². The van der Waals surface area contributed by atoms with E-state index in [0.717, 1.165) is 26.1 Å². The van der Waals surface area contributed by atoms with Crippen molar-refractivity contribution in [3.8, 4) is 0 Å². The number of carboxylic acids is 1. The summed E-state index contributed by atoms with van der Waals surface area (Å²) < 4.78 is 0. The first-order valence-electron chi connectivity index (χ1n) is 8.18. The summed E-state index contributed by atoms with van der Waals surface area (Å²) in [5, 5.41) is 12.3. The van der Waals surface area contributed by atoms with Crippen molar-refractivity contribution in [1.29, 1.82) is 0 Å². The molecule has 0 aromatic carbocycles. The maximum Gasteiger partial charge on any atom is 0.307 e. The number of nitrogens with one attached hydrogen (secondary N) is 1. The predicted molar refractivity (Wildman–Crippen MR) is 83.0 cm³/mol. The monoisotopic (exact) mass is 298 g/mol. The Kier molecular flexibility index (Phi) is 7.15. The van der Waals surface area contributed by atoms with E-state index in [1.54, 1.807) is 0 Å². The van der Waals surface area contributed by atoms with E-state index in [9.17, 15) is 14.7 Å². The lowest BCUT2D eigenvalue weighted by Gasteiger charge is -2.25. The average molecular weight is 298 g/mol. The Bertz CT molecular complexity index is 355. The van der Waals surface area contributed by atoms with Crippen molar-refractivity contribution in [1.82, 2.24) is 10.2 Å². The molecule has 4 atom stereocenters. The smallest absolute Gasteiger partial charge is 0.307 e. The van der Waals surface area contributed by atoms with E-state index < -0.39 is 11.9 Å². The molecule has 0 bridgehead atoms. The Morgan fingerprint density at radius 3 is 2.24 bits per heavy atom. The summed E-state index contributed by atoms with van der Waals surface area (Å²) in [7, 11) is 0. The third-order valence-corrected chi connectivity index (χ3v) is 4.71. The molecule has 122 valence electrons. The Morgan fingerprint density at radius 2 is 1.76 bits per heavy atom. The second-order valence-corrected chi connectivity index (χ2v) is 6.19. The lowest BCUT2D eigenvalue weighted by molar-refractivity contribution is -0.146. The van der Waals surface area contributed by atoms with Crippen LogP contribution < -0.4 is 5.32 Å². The largest absolute Gasteiger partial charge is 0.481 e. The standard InChI is InChI=1S/C16H30N2O3/c1-5-12-8-13(14(9-12)16(20)21)15(19)17-11(4)10-18(6-2)7-3/h11-14H,5-10H2,1-4H3,(H,17,19)(H,20,21)/t11?,12?,13-,14+/m0/s1. The van der Waals surface area contributed by atoms with Crippen LogP contribution in [0.2, 0.25) is 0 Å². The van der Waals surface area contributed by atoms with Crippen molar-refractivity contribution in [2.45, 2.75) is 53.0 Å². The maximum atomic E-state index is 12.4. The van der Waals surface area contributed by atoms with Gasteiger partial charge in [0.1, 0.15) is 0 Å². The molecular formula is C16H30N2O3. The molecule has 2 unspecified atom stereocenters. The molecule has 0 radical (unpaired) electrons. The van der Waals surface area contributed by atoms with Crippen molar-refractivity contribution in [3.63, 3.8) is 0 Å². The van der Waals surface area contributed by atoms with Gasteiger partial charge in [-0.1, -0.05) is 27.2 Å². The number of rotatable bonds is 8. The number of hydrogen-bond acceptors (Lipinski definition) is 3. The number of likely N-dealkylation sites (N-methyl/N-ethyl adjacent to an activating group) is 1. The second kappa shape index (κ2) is 8.37. The summed E-state index contributed by atoms with van der Waals surface area (Å²) in [6.45, 7) is 11.0. The van der Waals surface area contributed by atoms with Gasteiger partial charge in [0.15, 0.2) is 0 Å². The van der Waals surface area contributed by atoms with Crippen LogP contribution in [0, 0.1) is 17.8 Å². The molecule has 1 aliphatic carbocycles. The first kappa shape index (κ1) is 18.0. The van der Waals surface area contributed by atoms with Crippen LogP contribution in [0.5, 0.6) is 0 Å². The Labute approximate surface area is 128 Å². The molecule has 2 N–H and O–H groups in total. The molecule has 5 nitrogen and oxygen atoms in total. The van der Waals surface area contributed by atoms with Crippen molar-refractivity contribution >= 4 is 11.9 Å². The quantitative estimate of drug-likeness (QED) is 0.719. The number of hydrogen-bond donors (Lipinski definition) is 2. The molecule has 0 aromatic heterocycles. The SMILES string of the molecule is CCC1C[C@H](C(=O)NC(C)CN(CC)CC)[C@H](C(=O)O)C1. The zero-order valence-electron chi connectivity index (χ0n) is 13.8. The van der Waals surface area contributed by atoms with E-state index >= 15 is 0 Å². The maximum absolute atomic E-state index is 12.4. The molecule has 0 spiro atoms. The van der Waals surface area contributed by atoms with Crippen molar-refractivity contribution in [2.24, 2.45) is 17.8 Å². The van der Waals surface area contributed by atoms with Crippen LogP contribution >= 0.6 is 0 Å². The highest BCUT2D eigenvalue weighted by Crippen LogP contribution is 2.38. The highest BCUT2D eigenvalue weighted by Gasteiger charge is 2.42. The van der Waals surface area contributed by atoms with E-state index in [4.69, 9.17) is 0 Å². The Hall–Kier alpha value is -1.10. The molecule has 21 heavy (non-hydrogen) atoms. The number of carboxylic acid groups (broad SMARTS) is 1. The van der Waals surface area contributed by atoms with E-state index in [1.807, 2.05) is 6.92 Å². The Morgan fingerprint density at radius 1 is 1.19 bits per heavy atom. The zero-order valence-corrected chi connectivity index (χ0v) is 13.8.